The lowest BCUT2D eigenvalue weighted by atomic mass is 9.44. The quantitative estimate of drug-likeness (QED) is 0.467. The van der Waals surface area contributed by atoms with Crippen LogP contribution in [0.1, 0.15) is 74.7 Å². The summed E-state index contributed by atoms with van der Waals surface area (Å²) in [5.74, 6) is 0.767. The predicted octanol–water partition coefficient (Wildman–Crippen LogP) is 5.07. The lowest BCUT2D eigenvalue weighted by Crippen LogP contribution is -2.70. The Hall–Kier alpha value is -1.38. The number of rotatable bonds is 6. The molecule has 218 valence electrons. The molecular weight excluding hydrogens is 496 g/mol. The lowest BCUT2D eigenvalue weighted by Gasteiger charge is -2.62. The van der Waals surface area contributed by atoms with E-state index in [1.165, 1.54) is 0 Å². The molecule has 1 spiro atoms. The summed E-state index contributed by atoms with van der Waals surface area (Å²) in [6.45, 7) is 17.4. The standard InChI is InChI=1S/C32H48O7/c1-18(2)15-36-32(37-16-19(3)4)38-17-27(35)31(39-32)21(6)12-25-23-11-20(5)24-13-22(33)9-10-29(24,7)28(23)26(34)14-30(25,31)8/h9-10,13,18-21,23,25-26,28,34H,11-12,14-17H2,1-8H3/t20-,21+,23-,25-,26?,28+,29-,30-,31-/m0/s1. The molecule has 1 N–H and O–H groups in total. The number of hydrogen-bond acceptors (Lipinski definition) is 7. The van der Waals surface area contributed by atoms with Crippen LogP contribution in [0.2, 0.25) is 0 Å². The molecule has 5 rings (SSSR count). The highest BCUT2D eigenvalue weighted by Crippen LogP contribution is 2.70. The smallest absolute Gasteiger partial charge is 0.393 e. The van der Waals surface area contributed by atoms with Gasteiger partial charge in [0.1, 0.15) is 12.2 Å². The van der Waals surface area contributed by atoms with Crippen molar-refractivity contribution < 1.29 is 33.6 Å². The number of carbonyl (C=O) groups is 2. The molecule has 7 heteroatoms. The van der Waals surface area contributed by atoms with Gasteiger partial charge in [-0.1, -0.05) is 67.0 Å². The molecule has 0 aromatic heterocycles. The van der Waals surface area contributed by atoms with Crippen molar-refractivity contribution in [1.82, 2.24) is 0 Å². The van der Waals surface area contributed by atoms with E-state index in [1.54, 1.807) is 12.2 Å². The van der Waals surface area contributed by atoms with Gasteiger partial charge < -0.3 is 14.6 Å². The van der Waals surface area contributed by atoms with E-state index in [0.29, 0.717) is 19.6 Å². The topological polar surface area (TPSA) is 91.3 Å². The number of allylic oxidation sites excluding steroid dienone is 4. The number of Topliss-reactive ketones (excluding diaryl/α,β-unsaturated/α-hetero) is 1. The molecule has 4 fully saturated rings. The number of ether oxygens (including phenoxy) is 4. The fourth-order valence-electron chi connectivity index (χ4n) is 9.14. The van der Waals surface area contributed by atoms with Crippen LogP contribution < -0.4 is 0 Å². The molecule has 0 aromatic rings. The number of fused-ring (bicyclic) bond motifs is 6. The van der Waals surface area contributed by atoms with Crippen LogP contribution in [0.5, 0.6) is 0 Å². The molecule has 7 nitrogen and oxygen atoms in total. The zero-order valence-corrected chi connectivity index (χ0v) is 25.0. The fourth-order valence-corrected chi connectivity index (χ4v) is 9.14. The van der Waals surface area contributed by atoms with E-state index >= 15 is 0 Å². The summed E-state index contributed by atoms with van der Waals surface area (Å²) >= 11 is 0. The first-order valence-electron chi connectivity index (χ1n) is 15.0. The minimum atomic E-state index is -1.76. The van der Waals surface area contributed by atoms with Crippen LogP contribution in [-0.2, 0) is 28.5 Å². The largest absolute Gasteiger partial charge is 0.414 e. The van der Waals surface area contributed by atoms with Gasteiger partial charge >= 0.3 is 6.16 Å². The summed E-state index contributed by atoms with van der Waals surface area (Å²) in [5.41, 5.74) is -1.09. The van der Waals surface area contributed by atoms with Gasteiger partial charge in [0.2, 0.25) is 0 Å². The van der Waals surface area contributed by atoms with Crippen molar-refractivity contribution in [3.8, 4) is 0 Å². The maximum absolute atomic E-state index is 14.0. The Labute approximate surface area is 233 Å². The first-order valence-corrected chi connectivity index (χ1v) is 15.0. The van der Waals surface area contributed by atoms with Gasteiger partial charge in [0, 0.05) is 16.7 Å². The molecule has 1 unspecified atom stereocenters. The minimum Gasteiger partial charge on any atom is -0.393 e. The maximum atomic E-state index is 14.0. The molecule has 39 heavy (non-hydrogen) atoms. The summed E-state index contributed by atoms with van der Waals surface area (Å²) in [6, 6.07) is 0. The fraction of sp³-hybridized carbons (Fsp3) is 0.812. The van der Waals surface area contributed by atoms with Crippen LogP contribution in [-0.4, -0.2) is 54.4 Å². The zero-order valence-electron chi connectivity index (χ0n) is 25.0. The summed E-state index contributed by atoms with van der Waals surface area (Å²) in [5, 5.41) is 11.9. The Balaban J connectivity index is 1.55. The number of aliphatic hydroxyl groups excluding tert-OH is 1. The molecule has 1 saturated heterocycles. The third kappa shape index (κ3) is 4.34. The third-order valence-corrected chi connectivity index (χ3v) is 10.6. The average molecular weight is 545 g/mol. The van der Waals surface area contributed by atoms with Crippen LogP contribution in [0.3, 0.4) is 0 Å². The van der Waals surface area contributed by atoms with Crippen LogP contribution in [0.15, 0.2) is 23.8 Å². The first-order chi connectivity index (χ1) is 18.2. The molecule has 0 bridgehead atoms. The number of hydrogen-bond donors (Lipinski definition) is 1. The van der Waals surface area contributed by atoms with E-state index in [4.69, 9.17) is 18.9 Å². The van der Waals surface area contributed by atoms with Gasteiger partial charge in [-0.3, -0.25) is 19.1 Å². The van der Waals surface area contributed by atoms with Crippen LogP contribution in [0, 0.1) is 52.3 Å². The molecule has 5 aliphatic rings. The molecular formula is C32H48O7. The van der Waals surface area contributed by atoms with Gasteiger partial charge in [0.05, 0.1) is 19.3 Å². The SMILES string of the molecule is CC(C)COC1(OCC(C)C)OCC(=O)[C@@]2(O1)[C@H](C)C[C@H]1[C@@H]3C[C@H](C)C4=CC(=O)C=C[C@]4(C)[C@H]3C(O)C[C@@]12C. The number of carbonyl (C=O) groups excluding carboxylic acids is 2. The second kappa shape index (κ2) is 9.87. The molecule has 3 saturated carbocycles. The highest BCUT2D eigenvalue weighted by atomic mass is 17.0. The van der Waals surface area contributed by atoms with Crippen molar-refractivity contribution in [3.63, 3.8) is 0 Å². The number of ketones is 2. The van der Waals surface area contributed by atoms with Crippen molar-refractivity contribution in [2.75, 3.05) is 19.8 Å². The molecule has 1 aliphatic heterocycles. The second-order valence-corrected chi connectivity index (χ2v) is 14.3. The van der Waals surface area contributed by atoms with E-state index in [1.807, 2.05) is 33.8 Å². The average Bonchev–Trinajstić information content (AvgIpc) is 3.06. The van der Waals surface area contributed by atoms with Gasteiger partial charge in [-0.2, -0.15) is 0 Å². The predicted molar refractivity (Wildman–Crippen MR) is 146 cm³/mol. The maximum Gasteiger partial charge on any atom is 0.414 e. The third-order valence-electron chi connectivity index (χ3n) is 10.6. The Bertz CT molecular complexity index is 1050. The zero-order chi connectivity index (χ0) is 28.5. The normalized spacial score (nSPS) is 44.9. The van der Waals surface area contributed by atoms with Gasteiger partial charge in [-0.15, -0.1) is 0 Å². The minimum absolute atomic E-state index is 0.0247. The number of aliphatic hydroxyl groups is 1. The molecule has 4 aliphatic carbocycles. The van der Waals surface area contributed by atoms with Crippen molar-refractivity contribution in [2.45, 2.75) is 92.5 Å². The Kier molecular flexibility index (Phi) is 7.37. The second-order valence-electron chi connectivity index (χ2n) is 14.3. The highest BCUT2D eigenvalue weighted by Gasteiger charge is 2.75. The van der Waals surface area contributed by atoms with Crippen molar-refractivity contribution >= 4 is 11.6 Å². The van der Waals surface area contributed by atoms with Crippen LogP contribution in [0.4, 0.5) is 0 Å². The summed E-state index contributed by atoms with van der Waals surface area (Å²) in [7, 11) is 0. The Morgan fingerprint density at radius 3 is 2.31 bits per heavy atom. The van der Waals surface area contributed by atoms with Gasteiger partial charge in [-0.05, 0) is 66.9 Å². The molecule has 9 atom stereocenters. The molecule has 0 amide bonds. The monoisotopic (exact) mass is 544 g/mol. The van der Waals surface area contributed by atoms with E-state index in [-0.39, 0.29) is 65.0 Å². The van der Waals surface area contributed by atoms with Gasteiger partial charge in [0.15, 0.2) is 11.6 Å². The Morgan fingerprint density at radius 1 is 1.05 bits per heavy atom. The highest BCUT2D eigenvalue weighted by molar-refractivity contribution is 6.01. The summed E-state index contributed by atoms with van der Waals surface area (Å²) in [4.78, 5) is 26.3. The van der Waals surface area contributed by atoms with E-state index < -0.39 is 23.3 Å². The Morgan fingerprint density at radius 2 is 1.69 bits per heavy atom. The van der Waals surface area contributed by atoms with E-state index in [0.717, 1.165) is 18.4 Å². The van der Waals surface area contributed by atoms with Gasteiger partial charge in [-0.25, -0.2) is 0 Å². The van der Waals surface area contributed by atoms with Crippen molar-refractivity contribution in [2.24, 2.45) is 52.3 Å². The van der Waals surface area contributed by atoms with Crippen molar-refractivity contribution in [3.05, 3.63) is 23.8 Å². The van der Waals surface area contributed by atoms with Crippen LogP contribution >= 0.6 is 0 Å². The molecule has 0 aromatic carbocycles. The van der Waals surface area contributed by atoms with Crippen LogP contribution in [0.25, 0.3) is 0 Å². The lowest BCUT2D eigenvalue weighted by molar-refractivity contribution is -0.535. The first kappa shape index (κ1) is 29.1. The van der Waals surface area contributed by atoms with E-state index in [9.17, 15) is 14.7 Å². The summed E-state index contributed by atoms with van der Waals surface area (Å²) < 4.78 is 25.2. The molecule has 0 radical (unpaired) electrons. The van der Waals surface area contributed by atoms with E-state index in [2.05, 4.69) is 27.7 Å². The molecule has 1 heterocycles. The summed E-state index contributed by atoms with van der Waals surface area (Å²) in [6.07, 6.45) is 5.18. The van der Waals surface area contributed by atoms with Crippen molar-refractivity contribution in [1.29, 1.82) is 0 Å². The van der Waals surface area contributed by atoms with Gasteiger partial charge in [0.25, 0.3) is 0 Å².